The van der Waals surface area contributed by atoms with E-state index in [4.69, 9.17) is 5.11 Å². The lowest BCUT2D eigenvalue weighted by atomic mass is 10.0. The Kier molecular flexibility index (Phi) is 2.82. The first kappa shape index (κ1) is 12.8. The van der Waals surface area contributed by atoms with Crippen LogP contribution < -0.4 is 0 Å². The van der Waals surface area contributed by atoms with Crippen LogP contribution in [0.2, 0.25) is 0 Å². The van der Waals surface area contributed by atoms with E-state index in [2.05, 4.69) is 15.2 Å². The van der Waals surface area contributed by atoms with Crippen molar-refractivity contribution in [2.75, 3.05) is 0 Å². The Balaban J connectivity index is 1.88. The zero-order valence-electron chi connectivity index (χ0n) is 10.7. The number of aromatic nitrogens is 3. The molecule has 2 aliphatic rings. The number of amides is 1. The molecule has 0 bridgehead atoms. The number of nitrogens with zero attached hydrogens (tertiary/aromatic N) is 4. The van der Waals surface area contributed by atoms with Crippen LogP contribution in [0.5, 0.6) is 0 Å². The van der Waals surface area contributed by atoms with Crippen molar-refractivity contribution in [1.82, 2.24) is 20.1 Å². The lowest BCUT2D eigenvalue weighted by molar-refractivity contribution is -0.141. The zero-order chi connectivity index (χ0) is 14.4. The third-order valence-corrected chi connectivity index (χ3v) is 4.23. The highest BCUT2D eigenvalue weighted by Crippen LogP contribution is 2.44. The molecule has 1 atom stereocenters. The Labute approximate surface area is 118 Å². The number of aryl methyl sites for hydroxylation is 2. The summed E-state index contributed by atoms with van der Waals surface area (Å²) < 4.78 is 0. The van der Waals surface area contributed by atoms with E-state index in [1.165, 1.54) is 22.1 Å². The summed E-state index contributed by atoms with van der Waals surface area (Å²) in [6, 6.07) is 0. The second-order valence-corrected chi connectivity index (χ2v) is 5.37. The molecule has 2 aliphatic heterocycles. The van der Waals surface area contributed by atoms with Gasteiger partial charge in [-0.05, 0) is 19.9 Å². The van der Waals surface area contributed by atoms with E-state index in [1.54, 1.807) is 13.0 Å². The van der Waals surface area contributed by atoms with Crippen LogP contribution in [0.1, 0.15) is 17.2 Å². The van der Waals surface area contributed by atoms with Gasteiger partial charge in [-0.2, -0.15) is 5.10 Å². The molecular formula is C12H10N4O3S. The molecule has 20 heavy (non-hydrogen) atoms. The smallest absolute Gasteiger partial charge is 0.353 e. The minimum Gasteiger partial charge on any atom is -0.477 e. The molecule has 8 heteroatoms. The molecule has 1 saturated heterocycles. The number of rotatable bonds is 2. The van der Waals surface area contributed by atoms with E-state index in [9.17, 15) is 9.59 Å². The molecule has 0 unspecified atom stereocenters. The highest BCUT2D eigenvalue weighted by atomic mass is 32.2. The Bertz CT molecular complexity index is 698. The molecular weight excluding hydrogens is 280 g/mol. The minimum absolute atomic E-state index is 0.0151. The molecule has 0 saturated carbocycles. The van der Waals surface area contributed by atoms with Crippen molar-refractivity contribution in [3.8, 4) is 0 Å². The minimum atomic E-state index is -1.10. The number of hydrogen-bond donors (Lipinski definition) is 1. The second-order valence-electron chi connectivity index (χ2n) is 4.41. The maximum Gasteiger partial charge on any atom is 0.353 e. The van der Waals surface area contributed by atoms with Gasteiger partial charge in [-0.25, -0.2) is 9.78 Å². The van der Waals surface area contributed by atoms with Crippen molar-refractivity contribution < 1.29 is 14.7 Å². The number of carboxylic acid groups (broad SMARTS) is 1. The van der Waals surface area contributed by atoms with Gasteiger partial charge in [-0.1, -0.05) is 0 Å². The summed E-state index contributed by atoms with van der Waals surface area (Å²) in [6.07, 6.45) is 1.56. The third kappa shape index (κ3) is 1.80. The summed E-state index contributed by atoms with van der Waals surface area (Å²) >= 11 is 1.28. The topological polar surface area (TPSA) is 96.3 Å². The van der Waals surface area contributed by atoms with E-state index in [0.29, 0.717) is 11.4 Å². The summed E-state index contributed by atoms with van der Waals surface area (Å²) in [6.45, 7) is 3.62. The predicted octanol–water partition coefficient (Wildman–Crippen LogP) is 0.713. The van der Waals surface area contributed by atoms with Gasteiger partial charge in [0.05, 0.1) is 17.0 Å². The van der Waals surface area contributed by atoms with E-state index >= 15 is 0 Å². The normalized spacial score (nSPS) is 22.6. The van der Waals surface area contributed by atoms with Crippen LogP contribution in [0.15, 0.2) is 16.7 Å². The zero-order valence-corrected chi connectivity index (χ0v) is 11.5. The van der Waals surface area contributed by atoms with Gasteiger partial charge in [-0.3, -0.25) is 9.69 Å². The number of β-lactam (4-membered cyclic amide) rings is 1. The van der Waals surface area contributed by atoms with Crippen LogP contribution in [0.3, 0.4) is 0 Å². The van der Waals surface area contributed by atoms with Gasteiger partial charge in [0, 0.05) is 5.41 Å². The molecule has 1 aromatic rings. The molecule has 0 spiro atoms. The van der Waals surface area contributed by atoms with Crippen LogP contribution in [0.25, 0.3) is 6.08 Å². The van der Waals surface area contributed by atoms with Crippen LogP contribution >= 0.6 is 11.8 Å². The fourth-order valence-corrected chi connectivity index (χ4v) is 3.06. The number of thioether (sulfide) groups is 1. The molecule has 3 rings (SSSR count). The van der Waals surface area contributed by atoms with Crippen LogP contribution in [-0.2, 0) is 9.59 Å². The molecule has 1 fully saturated rings. The standard InChI is InChI=1S/C12H10N4O3S/c1-5-6(2)14-15-9(13-5)3-7-10(17)16-8(12(18)19)4-20-11(7)16/h3-4,11H,1-2H3,(H,18,19)/b7-3+/t11-/m1/s1. The summed E-state index contributed by atoms with van der Waals surface area (Å²) in [4.78, 5) is 28.4. The van der Waals surface area contributed by atoms with Gasteiger partial charge in [0.2, 0.25) is 0 Å². The van der Waals surface area contributed by atoms with Crippen LogP contribution in [0, 0.1) is 13.8 Å². The molecule has 0 radical (unpaired) electrons. The molecule has 7 nitrogen and oxygen atoms in total. The lowest BCUT2D eigenvalue weighted by Crippen LogP contribution is -2.51. The quantitative estimate of drug-likeness (QED) is 0.633. The van der Waals surface area contributed by atoms with Gasteiger partial charge < -0.3 is 5.11 Å². The predicted molar refractivity (Wildman–Crippen MR) is 71.2 cm³/mol. The van der Waals surface area contributed by atoms with Crippen molar-refractivity contribution in [1.29, 1.82) is 0 Å². The number of carbonyl (C=O) groups is 2. The maximum atomic E-state index is 12.0. The van der Waals surface area contributed by atoms with Gasteiger partial charge in [-0.15, -0.1) is 16.9 Å². The van der Waals surface area contributed by atoms with Crippen molar-refractivity contribution in [3.05, 3.63) is 33.9 Å². The monoisotopic (exact) mass is 290 g/mol. The fraction of sp³-hybridized carbons (Fsp3) is 0.250. The van der Waals surface area contributed by atoms with Crippen molar-refractivity contribution in [3.63, 3.8) is 0 Å². The van der Waals surface area contributed by atoms with Crippen LogP contribution in [0.4, 0.5) is 0 Å². The molecule has 1 N–H and O–H groups in total. The average molecular weight is 290 g/mol. The summed E-state index contributed by atoms with van der Waals surface area (Å²) in [7, 11) is 0. The third-order valence-electron chi connectivity index (χ3n) is 3.15. The summed E-state index contributed by atoms with van der Waals surface area (Å²) in [5.41, 5.74) is 1.99. The molecule has 102 valence electrons. The molecule has 1 amide bonds. The number of fused-ring (bicyclic) bond motifs is 1. The maximum absolute atomic E-state index is 12.0. The molecule has 1 aromatic heterocycles. The lowest BCUT2D eigenvalue weighted by Gasteiger charge is -2.36. The van der Waals surface area contributed by atoms with E-state index < -0.39 is 5.97 Å². The van der Waals surface area contributed by atoms with Crippen molar-refractivity contribution in [2.45, 2.75) is 19.2 Å². The van der Waals surface area contributed by atoms with Gasteiger partial charge in [0.25, 0.3) is 5.91 Å². The first-order chi connectivity index (χ1) is 9.49. The highest BCUT2D eigenvalue weighted by Gasteiger charge is 2.49. The van der Waals surface area contributed by atoms with Crippen LogP contribution in [-0.4, -0.2) is 42.4 Å². The summed E-state index contributed by atoms with van der Waals surface area (Å²) in [5, 5.41) is 18.0. The fourth-order valence-electron chi connectivity index (χ4n) is 1.94. The van der Waals surface area contributed by atoms with Crippen molar-refractivity contribution >= 4 is 29.7 Å². The Morgan fingerprint density at radius 3 is 2.80 bits per heavy atom. The first-order valence-corrected chi connectivity index (χ1v) is 6.75. The number of carboxylic acids is 1. The summed E-state index contributed by atoms with van der Waals surface area (Å²) in [5.74, 6) is -1.06. The Morgan fingerprint density at radius 2 is 2.15 bits per heavy atom. The number of carbonyl (C=O) groups excluding carboxylic acids is 1. The Hall–Kier alpha value is -2.22. The van der Waals surface area contributed by atoms with Crippen molar-refractivity contribution in [2.24, 2.45) is 0 Å². The van der Waals surface area contributed by atoms with E-state index in [1.807, 2.05) is 6.92 Å². The SMILES string of the molecule is Cc1nnc(/C=C2\C(=O)N3C(C(=O)O)=CS[C@H]23)nc1C. The number of hydrogen-bond acceptors (Lipinski definition) is 6. The van der Waals surface area contributed by atoms with E-state index in [0.717, 1.165) is 11.4 Å². The Morgan fingerprint density at radius 1 is 1.40 bits per heavy atom. The average Bonchev–Trinajstić information content (AvgIpc) is 2.80. The number of aliphatic carboxylic acids is 1. The van der Waals surface area contributed by atoms with Gasteiger partial charge >= 0.3 is 5.97 Å². The first-order valence-electron chi connectivity index (χ1n) is 5.81. The van der Waals surface area contributed by atoms with E-state index in [-0.39, 0.29) is 17.0 Å². The van der Waals surface area contributed by atoms with Gasteiger partial charge in [0.15, 0.2) is 5.82 Å². The largest absolute Gasteiger partial charge is 0.477 e. The molecule has 0 aliphatic carbocycles. The molecule has 3 heterocycles. The van der Waals surface area contributed by atoms with Gasteiger partial charge in [0.1, 0.15) is 11.1 Å². The highest BCUT2D eigenvalue weighted by molar-refractivity contribution is 8.03. The second kappa shape index (κ2) is 4.41. The molecule has 0 aromatic carbocycles.